The molecule has 5 atom stereocenters. The lowest BCUT2D eigenvalue weighted by Gasteiger charge is -2.27. The van der Waals surface area contributed by atoms with Crippen LogP contribution in [0.5, 0.6) is 0 Å². The summed E-state index contributed by atoms with van der Waals surface area (Å²) in [7, 11) is 0. The van der Waals surface area contributed by atoms with Crippen molar-refractivity contribution in [1.82, 2.24) is 16.0 Å². The van der Waals surface area contributed by atoms with E-state index in [1.54, 1.807) is 37.3 Å². The molecule has 0 saturated carbocycles. The second-order valence-electron chi connectivity index (χ2n) is 8.58. The molecule has 0 saturated heterocycles. The molecule has 0 aliphatic carbocycles. The number of primary amides is 1. The van der Waals surface area contributed by atoms with E-state index in [4.69, 9.17) is 11.5 Å². The fourth-order valence-corrected chi connectivity index (χ4v) is 3.82. The standard InChI is InChI=1S/C24H37N5O6S/c1-4-14(2)20(29-21(31)16(25)10-11-36-3)23(33)27-17(13-19(26)30)22(32)28-18(24(34)35)12-15-8-6-5-7-9-15/h5-9,14,16-18,20H,4,10-13,25H2,1-3H3,(H2,26,30)(H,27,33)(H,28,32)(H,29,31)(H,34,35). The predicted octanol–water partition coefficient (Wildman–Crippen LogP) is -0.230. The van der Waals surface area contributed by atoms with Crippen LogP contribution in [0.3, 0.4) is 0 Å². The monoisotopic (exact) mass is 523 g/mol. The summed E-state index contributed by atoms with van der Waals surface area (Å²) in [5.41, 5.74) is 11.9. The van der Waals surface area contributed by atoms with E-state index >= 15 is 0 Å². The maximum atomic E-state index is 13.1. The first-order valence-corrected chi connectivity index (χ1v) is 13.1. The number of carbonyl (C=O) groups is 5. The van der Waals surface area contributed by atoms with Crippen molar-refractivity contribution in [3.8, 4) is 0 Å². The molecule has 11 nitrogen and oxygen atoms in total. The molecular weight excluding hydrogens is 486 g/mol. The average Bonchev–Trinajstić information content (AvgIpc) is 2.84. The number of benzene rings is 1. The summed E-state index contributed by atoms with van der Waals surface area (Å²) < 4.78 is 0. The molecule has 4 amide bonds. The highest BCUT2D eigenvalue weighted by Crippen LogP contribution is 2.11. The Balaban J connectivity index is 3.01. The minimum absolute atomic E-state index is 0.00135. The van der Waals surface area contributed by atoms with E-state index in [1.807, 2.05) is 13.2 Å². The molecule has 0 heterocycles. The highest BCUT2D eigenvalue weighted by molar-refractivity contribution is 7.98. The van der Waals surface area contributed by atoms with Crippen LogP contribution in [0.2, 0.25) is 0 Å². The fourth-order valence-electron chi connectivity index (χ4n) is 3.33. The van der Waals surface area contributed by atoms with Crippen LogP contribution in [0.25, 0.3) is 0 Å². The number of hydrogen-bond donors (Lipinski definition) is 6. The van der Waals surface area contributed by atoms with Gasteiger partial charge in [-0.15, -0.1) is 0 Å². The summed E-state index contributed by atoms with van der Waals surface area (Å²) in [4.78, 5) is 61.9. The smallest absolute Gasteiger partial charge is 0.326 e. The summed E-state index contributed by atoms with van der Waals surface area (Å²) in [6.07, 6.45) is 2.29. The molecule has 36 heavy (non-hydrogen) atoms. The Kier molecular flexibility index (Phi) is 13.6. The van der Waals surface area contributed by atoms with Crippen LogP contribution in [0, 0.1) is 5.92 Å². The largest absolute Gasteiger partial charge is 0.480 e. The number of carboxylic acid groups (broad SMARTS) is 1. The van der Waals surface area contributed by atoms with E-state index < -0.39 is 60.2 Å². The quantitative estimate of drug-likeness (QED) is 0.171. The van der Waals surface area contributed by atoms with E-state index in [0.717, 1.165) is 0 Å². The van der Waals surface area contributed by atoms with Gasteiger partial charge in [-0.2, -0.15) is 11.8 Å². The Labute approximate surface area is 215 Å². The van der Waals surface area contributed by atoms with Gasteiger partial charge in [-0.3, -0.25) is 19.2 Å². The molecule has 1 aromatic carbocycles. The van der Waals surface area contributed by atoms with Crippen molar-refractivity contribution >= 4 is 41.4 Å². The summed E-state index contributed by atoms with van der Waals surface area (Å²) in [5, 5.41) is 17.0. The SMILES string of the molecule is CCC(C)C(NC(=O)C(N)CCSC)C(=O)NC(CC(N)=O)C(=O)NC(Cc1ccccc1)C(=O)O. The molecule has 1 aromatic rings. The molecule has 0 radical (unpaired) electrons. The minimum Gasteiger partial charge on any atom is -0.480 e. The van der Waals surface area contributed by atoms with Crippen LogP contribution in [0.1, 0.15) is 38.7 Å². The van der Waals surface area contributed by atoms with Crippen LogP contribution in [-0.2, 0) is 30.4 Å². The van der Waals surface area contributed by atoms with Crippen LogP contribution in [0.4, 0.5) is 0 Å². The van der Waals surface area contributed by atoms with Gasteiger partial charge >= 0.3 is 5.97 Å². The van der Waals surface area contributed by atoms with E-state index in [9.17, 15) is 29.1 Å². The van der Waals surface area contributed by atoms with Crippen LogP contribution < -0.4 is 27.4 Å². The van der Waals surface area contributed by atoms with Crippen molar-refractivity contribution in [3.05, 3.63) is 35.9 Å². The Hall–Kier alpha value is -3.12. The zero-order chi connectivity index (χ0) is 27.3. The van der Waals surface area contributed by atoms with Gasteiger partial charge in [-0.1, -0.05) is 50.6 Å². The molecule has 8 N–H and O–H groups in total. The number of amides is 4. The minimum atomic E-state index is -1.43. The first kappa shape index (κ1) is 30.9. The number of aliphatic carboxylic acids is 1. The third-order valence-corrected chi connectivity index (χ3v) is 6.34. The summed E-state index contributed by atoms with van der Waals surface area (Å²) >= 11 is 1.54. The lowest BCUT2D eigenvalue weighted by Crippen LogP contribution is -2.59. The van der Waals surface area contributed by atoms with Gasteiger partial charge in [0.05, 0.1) is 12.5 Å². The first-order valence-electron chi connectivity index (χ1n) is 11.7. The second kappa shape index (κ2) is 15.8. The van der Waals surface area contributed by atoms with E-state index in [-0.39, 0.29) is 12.3 Å². The average molecular weight is 524 g/mol. The van der Waals surface area contributed by atoms with Crippen molar-refractivity contribution in [2.45, 2.75) is 63.7 Å². The maximum Gasteiger partial charge on any atom is 0.326 e. The van der Waals surface area contributed by atoms with Gasteiger partial charge < -0.3 is 32.5 Å². The number of hydrogen-bond acceptors (Lipinski definition) is 7. The third kappa shape index (κ3) is 10.6. The molecule has 0 bridgehead atoms. The molecule has 200 valence electrons. The van der Waals surface area contributed by atoms with Crippen LogP contribution in [-0.4, -0.2) is 70.9 Å². The second-order valence-corrected chi connectivity index (χ2v) is 9.57. The predicted molar refractivity (Wildman–Crippen MR) is 138 cm³/mol. The number of nitrogens with one attached hydrogen (secondary N) is 3. The molecule has 5 unspecified atom stereocenters. The van der Waals surface area contributed by atoms with Gasteiger partial charge in [0, 0.05) is 6.42 Å². The Bertz CT molecular complexity index is 900. The summed E-state index contributed by atoms with van der Waals surface area (Å²) in [6, 6.07) is 4.13. The molecule has 0 spiro atoms. The maximum absolute atomic E-state index is 13.1. The summed E-state index contributed by atoms with van der Waals surface area (Å²) in [6.45, 7) is 3.58. The van der Waals surface area contributed by atoms with E-state index in [1.165, 1.54) is 11.8 Å². The van der Waals surface area contributed by atoms with E-state index in [0.29, 0.717) is 24.2 Å². The van der Waals surface area contributed by atoms with Gasteiger partial charge in [0.25, 0.3) is 0 Å². The molecule has 0 aliphatic rings. The van der Waals surface area contributed by atoms with Gasteiger partial charge in [-0.05, 0) is 29.9 Å². The number of rotatable bonds is 16. The Morgan fingerprint density at radius 2 is 1.58 bits per heavy atom. The molecular formula is C24H37N5O6S. The zero-order valence-corrected chi connectivity index (χ0v) is 21.7. The lowest BCUT2D eigenvalue weighted by molar-refractivity contribution is -0.142. The van der Waals surface area contributed by atoms with Gasteiger partial charge in [0.2, 0.25) is 23.6 Å². The van der Waals surface area contributed by atoms with Crippen LogP contribution in [0.15, 0.2) is 30.3 Å². The topological polar surface area (TPSA) is 194 Å². The number of carboxylic acids is 1. The van der Waals surface area contributed by atoms with Crippen LogP contribution >= 0.6 is 11.8 Å². The van der Waals surface area contributed by atoms with Crippen molar-refractivity contribution in [3.63, 3.8) is 0 Å². The molecule has 0 aliphatic heterocycles. The third-order valence-electron chi connectivity index (χ3n) is 5.70. The van der Waals surface area contributed by atoms with Gasteiger partial charge in [-0.25, -0.2) is 4.79 Å². The molecule has 0 fully saturated rings. The highest BCUT2D eigenvalue weighted by Gasteiger charge is 2.33. The highest BCUT2D eigenvalue weighted by atomic mass is 32.2. The van der Waals surface area contributed by atoms with Crippen molar-refractivity contribution in [1.29, 1.82) is 0 Å². The lowest BCUT2D eigenvalue weighted by atomic mass is 9.97. The number of thioether (sulfide) groups is 1. The van der Waals surface area contributed by atoms with Gasteiger partial charge in [0.1, 0.15) is 18.1 Å². The molecule has 1 rings (SSSR count). The fraction of sp³-hybridized carbons (Fsp3) is 0.542. The molecule has 12 heteroatoms. The zero-order valence-electron chi connectivity index (χ0n) is 20.9. The Morgan fingerprint density at radius 3 is 2.11 bits per heavy atom. The van der Waals surface area contributed by atoms with Crippen molar-refractivity contribution in [2.24, 2.45) is 17.4 Å². The van der Waals surface area contributed by atoms with E-state index in [2.05, 4.69) is 16.0 Å². The summed E-state index contributed by atoms with van der Waals surface area (Å²) in [5.74, 6) is -3.88. The number of nitrogens with two attached hydrogens (primary N) is 2. The number of carbonyl (C=O) groups excluding carboxylic acids is 4. The van der Waals surface area contributed by atoms with Crippen molar-refractivity contribution < 1.29 is 29.1 Å². The van der Waals surface area contributed by atoms with Gasteiger partial charge in [0.15, 0.2) is 0 Å². The molecule has 0 aromatic heterocycles. The first-order chi connectivity index (χ1) is 17.0. The Morgan fingerprint density at radius 1 is 0.972 bits per heavy atom. The van der Waals surface area contributed by atoms with Crippen molar-refractivity contribution in [2.75, 3.05) is 12.0 Å². The normalized spacial score (nSPS) is 15.0.